The number of anilines is 2. The van der Waals surface area contributed by atoms with Crippen molar-refractivity contribution in [3.05, 3.63) is 42.4 Å². The number of aromatic nitrogens is 2. The van der Waals surface area contributed by atoms with Crippen molar-refractivity contribution in [3.8, 4) is 5.75 Å². The Labute approximate surface area is 148 Å². The Kier molecular flexibility index (Phi) is 7.16. The van der Waals surface area contributed by atoms with Crippen LogP contribution in [0.3, 0.4) is 0 Å². The van der Waals surface area contributed by atoms with Crippen molar-refractivity contribution in [3.63, 3.8) is 0 Å². The third kappa shape index (κ3) is 6.04. The van der Waals surface area contributed by atoms with Gasteiger partial charge in [-0.3, -0.25) is 4.79 Å². The van der Waals surface area contributed by atoms with Crippen LogP contribution in [0, 0.1) is 0 Å². The number of hydrogen-bond acceptors (Lipinski definition) is 6. The molecule has 0 bridgehead atoms. The molecular weight excluding hydrogens is 318 g/mol. The Morgan fingerprint density at radius 3 is 2.68 bits per heavy atom. The molecule has 0 aliphatic carbocycles. The molecule has 2 rings (SSSR count). The number of carbonyl (C=O) groups excluding carboxylic acids is 1. The average Bonchev–Trinajstić information content (AvgIpc) is 2.61. The number of hydrogen-bond donors (Lipinski definition) is 2. The SMILES string of the molecule is CCOc1ccccc1Nc1cnc(C(=O)NCCCN(C)C)cn1. The second-order valence-electron chi connectivity index (χ2n) is 5.75. The largest absolute Gasteiger partial charge is 0.492 e. The molecule has 1 heterocycles. The van der Waals surface area contributed by atoms with Gasteiger partial charge in [0, 0.05) is 6.54 Å². The van der Waals surface area contributed by atoms with E-state index in [4.69, 9.17) is 4.74 Å². The van der Waals surface area contributed by atoms with Crippen LogP contribution in [0.4, 0.5) is 11.5 Å². The van der Waals surface area contributed by atoms with Gasteiger partial charge in [-0.05, 0) is 46.1 Å². The van der Waals surface area contributed by atoms with Gasteiger partial charge in [0.25, 0.3) is 5.91 Å². The number of para-hydroxylation sites is 2. The van der Waals surface area contributed by atoms with Gasteiger partial charge in [-0.1, -0.05) is 12.1 Å². The van der Waals surface area contributed by atoms with Crippen LogP contribution in [0.1, 0.15) is 23.8 Å². The molecule has 25 heavy (non-hydrogen) atoms. The minimum absolute atomic E-state index is 0.215. The fraction of sp³-hybridized carbons (Fsp3) is 0.389. The van der Waals surface area contributed by atoms with E-state index >= 15 is 0 Å². The molecule has 0 unspecified atom stereocenters. The maximum Gasteiger partial charge on any atom is 0.271 e. The summed E-state index contributed by atoms with van der Waals surface area (Å²) in [6, 6.07) is 7.60. The van der Waals surface area contributed by atoms with E-state index in [2.05, 4.69) is 25.5 Å². The Morgan fingerprint density at radius 2 is 2.00 bits per heavy atom. The molecule has 2 N–H and O–H groups in total. The molecule has 1 aromatic carbocycles. The lowest BCUT2D eigenvalue weighted by atomic mass is 10.3. The van der Waals surface area contributed by atoms with Crippen LogP contribution in [0.25, 0.3) is 0 Å². The molecule has 0 saturated heterocycles. The van der Waals surface area contributed by atoms with Gasteiger partial charge >= 0.3 is 0 Å². The summed E-state index contributed by atoms with van der Waals surface area (Å²) < 4.78 is 5.56. The Hall–Kier alpha value is -2.67. The van der Waals surface area contributed by atoms with Crippen LogP contribution in [0.5, 0.6) is 5.75 Å². The minimum atomic E-state index is -0.215. The topological polar surface area (TPSA) is 79.4 Å². The van der Waals surface area contributed by atoms with E-state index in [1.54, 1.807) is 0 Å². The van der Waals surface area contributed by atoms with E-state index in [0.29, 0.717) is 24.7 Å². The van der Waals surface area contributed by atoms with Crippen LogP contribution in [-0.4, -0.2) is 54.6 Å². The van der Waals surface area contributed by atoms with E-state index in [1.807, 2.05) is 45.3 Å². The molecule has 0 saturated carbocycles. The first kappa shape index (κ1) is 18.7. The van der Waals surface area contributed by atoms with Crippen LogP contribution in [0.2, 0.25) is 0 Å². The Morgan fingerprint density at radius 1 is 1.20 bits per heavy atom. The van der Waals surface area contributed by atoms with E-state index in [-0.39, 0.29) is 5.91 Å². The zero-order valence-corrected chi connectivity index (χ0v) is 15.0. The summed E-state index contributed by atoms with van der Waals surface area (Å²) in [6.45, 7) is 4.05. The van der Waals surface area contributed by atoms with Gasteiger partial charge in [0.1, 0.15) is 17.3 Å². The van der Waals surface area contributed by atoms with Crippen LogP contribution >= 0.6 is 0 Å². The standard InChI is InChI=1S/C18H25N5O2/c1-4-25-16-9-6-5-8-14(16)22-17-13-20-15(12-21-17)18(24)19-10-7-11-23(2)3/h5-6,8-9,12-13H,4,7,10-11H2,1-3H3,(H,19,24)(H,21,22). The molecule has 0 spiro atoms. The van der Waals surface area contributed by atoms with Gasteiger partial charge in [0.2, 0.25) is 0 Å². The molecule has 0 atom stereocenters. The monoisotopic (exact) mass is 343 g/mol. The van der Waals surface area contributed by atoms with Crippen molar-refractivity contribution < 1.29 is 9.53 Å². The first-order chi connectivity index (χ1) is 12.1. The molecule has 0 radical (unpaired) electrons. The molecule has 0 fully saturated rings. The minimum Gasteiger partial charge on any atom is -0.492 e. The fourth-order valence-corrected chi connectivity index (χ4v) is 2.19. The van der Waals surface area contributed by atoms with E-state index in [9.17, 15) is 4.79 Å². The molecule has 2 aromatic rings. The predicted octanol–water partition coefficient (Wildman–Crippen LogP) is 2.30. The lowest BCUT2D eigenvalue weighted by Crippen LogP contribution is -2.27. The lowest BCUT2D eigenvalue weighted by Gasteiger charge is -2.12. The van der Waals surface area contributed by atoms with Gasteiger partial charge in [0.05, 0.1) is 24.7 Å². The molecule has 7 nitrogen and oxygen atoms in total. The third-order valence-electron chi connectivity index (χ3n) is 3.40. The van der Waals surface area contributed by atoms with Crippen molar-refractivity contribution in [2.24, 2.45) is 0 Å². The fourth-order valence-electron chi connectivity index (χ4n) is 2.19. The zero-order valence-electron chi connectivity index (χ0n) is 15.0. The van der Waals surface area contributed by atoms with E-state index in [0.717, 1.165) is 24.4 Å². The molecule has 1 amide bonds. The lowest BCUT2D eigenvalue weighted by molar-refractivity contribution is 0.0947. The summed E-state index contributed by atoms with van der Waals surface area (Å²) >= 11 is 0. The molecule has 1 aromatic heterocycles. The first-order valence-corrected chi connectivity index (χ1v) is 8.34. The van der Waals surface area contributed by atoms with E-state index < -0.39 is 0 Å². The summed E-state index contributed by atoms with van der Waals surface area (Å²) in [4.78, 5) is 22.5. The normalized spacial score (nSPS) is 10.6. The second-order valence-corrected chi connectivity index (χ2v) is 5.75. The van der Waals surface area contributed by atoms with Crippen molar-refractivity contribution >= 4 is 17.4 Å². The number of amides is 1. The zero-order chi connectivity index (χ0) is 18.1. The van der Waals surface area contributed by atoms with Crippen molar-refractivity contribution in [2.45, 2.75) is 13.3 Å². The highest BCUT2D eigenvalue weighted by atomic mass is 16.5. The van der Waals surface area contributed by atoms with Crippen LogP contribution in [0.15, 0.2) is 36.7 Å². The maximum absolute atomic E-state index is 12.0. The third-order valence-corrected chi connectivity index (χ3v) is 3.40. The predicted molar refractivity (Wildman–Crippen MR) is 98.4 cm³/mol. The summed E-state index contributed by atoms with van der Waals surface area (Å²) in [5, 5.41) is 5.99. The highest BCUT2D eigenvalue weighted by Crippen LogP contribution is 2.26. The quantitative estimate of drug-likeness (QED) is 0.680. The number of ether oxygens (including phenoxy) is 1. The maximum atomic E-state index is 12.0. The number of rotatable bonds is 9. The molecule has 0 aliphatic rings. The van der Waals surface area contributed by atoms with Gasteiger partial charge in [-0.2, -0.15) is 0 Å². The number of nitrogens with one attached hydrogen (secondary N) is 2. The Bertz CT molecular complexity index is 673. The van der Waals surface area contributed by atoms with Crippen molar-refractivity contribution in [1.29, 1.82) is 0 Å². The van der Waals surface area contributed by atoms with E-state index in [1.165, 1.54) is 12.4 Å². The van der Waals surface area contributed by atoms with Crippen LogP contribution < -0.4 is 15.4 Å². The van der Waals surface area contributed by atoms with Crippen LogP contribution in [-0.2, 0) is 0 Å². The second kappa shape index (κ2) is 9.58. The van der Waals surface area contributed by atoms with Crippen molar-refractivity contribution in [1.82, 2.24) is 20.2 Å². The molecule has 0 aliphatic heterocycles. The number of carbonyl (C=O) groups is 1. The van der Waals surface area contributed by atoms with Gasteiger partial charge < -0.3 is 20.3 Å². The van der Waals surface area contributed by atoms with Gasteiger partial charge in [-0.15, -0.1) is 0 Å². The molecule has 134 valence electrons. The Balaban J connectivity index is 1.92. The summed E-state index contributed by atoms with van der Waals surface area (Å²) in [5.41, 5.74) is 1.10. The molecular formula is C18H25N5O2. The number of benzene rings is 1. The summed E-state index contributed by atoms with van der Waals surface area (Å²) in [5.74, 6) is 1.08. The smallest absolute Gasteiger partial charge is 0.271 e. The number of nitrogens with zero attached hydrogens (tertiary/aromatic N) is 3. The summed E-state index contributed by atoms with van der Waals surface area (Å²) in [6.07, 6.45) is 3.89. The average molecular weight is 343 g/mol. The first-order valence-electron chi connectivity index (χ1n) is 8.34. The molecule has 7 heteroatoms. The van der Waals surface area contributed by atoms with Crippen molar-refractivity contribution in [2.75, 3.05) is 39.1 Å². The summed E-state index contributed by atoms with van der Waals surface area (Å²) in [7, 11) is 4.01. The highest BCUT2D eigenvalue weighted by Gasteiger charge is 2.08. The highest BCUT2D eigenvalue weighted by molar-refractivity contribution is 5.92. The van der Waals surface area contributed by atoms with Gasteiger partial charge in [0.15, 0.2) is 0 Å². The van der Waals surface area contributed by atoms with Gasteiger partial charge in [-0.25, -0.2) is 9.97 Å².